The van der Waals surface area contributed by atoms with Crippen molar-refractivity contribution in [3.63, 3.8) is 0 Å². The quantitative estimate of drug-likeness (QED) is 0.729. The fourth-order valence-corrected chi connectivity index (χ4v) is 2.18. The Labute approximate surface area is 107 Å². The van der Waals surface area contributed by atoms with Crippen LogP contribution in [0.2, 0.25) is 0 Å². The van der Waals surface area contributed by atoms with Gasteiger partial charge in [-0.25, -0.2) is 9.97 Å². The number of nitrogens with one attached hydrogen (secondary N) is 2. The van der Waals surface area contributed by atoms with E-state index < -0.39 is 0 Å². The van der Waals surface area contributed by atoms with Crippen LogP contribution in [0.25, 0.3) is 0 Å². The van der Waals surface area contributed by atoms with Crippen molar-refractivity contribution in [2.75, 3.05) is 6.54 Å². The van der Waals surface area contributed by atoms with Gasteiger partial charge in [-0.3, -0.25) is 0 Å². The van der Waals surface area contributed by atoms with E-state index in [-0.39, 0.29) is 0 Å². The lowest BCUT2D eigenvalue weighted by Crippen LogP contribution is -2.17. The van der Waals surface area contributed by atoms with Gasteiger partial charge in [-0.1, -0.05) is 0 Å². The summed E-state index contributed by atoms with van der Waals surface area (Å²) in [5.41, 5.74) is 1.30. The standard InChI is InChI=1S/C13H19N5/c1(2-13-16-6-7-17-13)5-14-8-12-9-15-10-18(12)11-3-4-11/h6-7,9-11,14H,1-5,8H2,(H,16,17). The number of aromatic nitrogens is 4. The molecule has 1 fully saturated rings. The Morgan fingerprint density at radius 1 is 1.44 bits per heavy atom. The Hall–Kier alpha value is -1.62. The van der Waals surface area contributed by atoms with Crippen molar-refractivity contribution < 1.29 is 0 Å². The van der Waals surface area contributed by atoms with Gasteiger partial charge in [-0.15, -0.1) is 0 Å². The third-order valence-electron chi connectivity index (χ3n) is 3.31. The molecule has 1 aliphatic carbocycles. The third kappa shape index (κ3) is 2.79. The molecule has 0 aromatic carbocycles. The van der Waals surface area contributed by atoms with E-state index in [1.54, 1.807) is 6.20 Å². The molecule has 0 aliphatic heterocycles. The monoisotopic (exact) mass is 245 g/mol. The zero-order valence-electron chi connectivity index (χ0n) is 10.5. The average molecular weight is 245 g/mol. The highest BCUT2D eigenvalue weighted by atomic mass is 15.1. The summed E-state index contributed by atoms with van der Waals surface area (Å²) >= 11 is 0. The average Bonchev–Trinajstić information content (AvgIpc) is 2.92. The molecule has 5 nitrogen and oxygen atoms in total. The van der Waals surface area contributed by atoms with Gasteiger partial charge in [0, 0.05) is 37.6 Å². The summed E-state index contributed by atoms with van der Waals surface area (Å²) in [6.07, 6.45) is 12.3. The smallest absolute Gasteiger partial charge is 0.106 e. The topological polar surface area (TPSA) is 58.5 Å². The number of rotatable bonds is 7. The van der Waals surface area contributed by atoms with Gasteiger partial charge in [0.05, 0.1) is 12.0 Å². The summed E-state index contributed by atoms with van der Waals surface area (Å²) in [6.45, 7) is 1.92. The molecule has 2 aromatic heterocycles. The second-order valence-electron chi connectivity index (χ2n) is 4.84. The predicted molar refractivity (Wildman–Crippen MR) is 69.1 cm³/mol. The molecule has 0 radical (unpaired) electrons. The van der Waals surface area contributed by atoms with Crippen LogP contribution in [0.3, 0.4) is 0 Å². The number of aryl methyl sites for hydroxylation is 1. The van der Waals surface area contributed by atoms with Gasteiger partial charge in [-0.05, 0) is 25.8 Å². The second-order valence-corrected chi connectivity index (χ2v) is 4.84. The fraction of sp³-hybridized carbons (Fsp3) is 0.538. The van der Waals surface area contributed by atoms with E-state index in [1.807, 2.05) is 18.7 Å². The van der Waals surface area contributed by atoms with Crippen LogP contribution in [0.15, 0.2) is 24.9 Å². The minimum Gasteiger partial charge on any atom is -0.349 e. The molecular formula is C13H19N5. The van der Waals surface area contributed by atoms with Crippen LogP contribution in [-0.4, -0.2) is 26.1 Å². The molecule has 1 saturated carbocycles. The van der Waals surface area contributed by atoms with Crippen molar-refractivity contribution in [1.29, 1.82) is 0 Å². The van der Waals surface area contributed by atoms with Crippen molar-refractivity contribution in [2.24, 2.45) is 0 Å². The third-order valence-corrected chi connectivity index (χ3v) is 3.31. The van der Waals surface area contributed by atoms with Crippen LogP contribution >= 0.6 is 0 Å². The molecule has 5 heteroatoms. The molecule has 96 valence electrons. The summed E-state index contributed by atoms with van der Waals surface area (Å²) in [5.74, 6) is 1.07. The highest BCUT2D eigenvalue weighted by molar-refractivity contribution is 5.03. The van der Waals surface area contributed by atoms with Crippen molar-refractivity contribution in [3.05, 3.63) is 36.4 Å². The maximum atomic E-state index is 4.23. The molecule has 0 atom stereocenters. The van der Waals surface area contributed by atoms with E-state index in [0.717, 1.165) is 31.8 Å². The lowest BCUT2D eigenvalue weighted by atomic mass is 10.3. The highest BCUT2D eigenvalue weighted by Gasteiger charge is 2.24. The summed E-state index contributed by atoms with van der Waals surface area (Å²) in [6, 6.07) is 0.715. The molecule has 0 spiro atoms. The number of imidazole rings is 2. The lowest BCUT2D eigenvalue weighted by Gasteiger charge is -2.07. The molecule has 0 amide bonds. The SMILES string of the molecule is c1c[nH]c(CCCNCc2cncn2C2CC2)n1. The largest absolute Gasteiger partial charge is 0.349 e. The fourth-order valence-electron chi connectivity index (χ4n) is 2.18. The van der Waals surface area contributed by atoms with Crippen LogP contribution in [0.1, 0.15) is 36.8 Å². The minimum atomic E-state index is 0.715. The Morgan fingerprint density at radius 3 is 3.17 bits per heavy atom. The van der Waals surface area contributed by atoms with Crippen LogP contribution in [0, 0.1) is 0 Å². The molecule has 2 heterocycles. The first-order valence-corrected chi connectivity index (χ1v) is 6.63. The maximum Gasteiger partial charge on any atom is 0.106 e. The first-order chi connectivity index (χ1) is 8.93. The maximum absolute atomic E-state index is 4.23. The van der Waals surface area contributed by atoms with Gasteiger partial charge in [-0.2, -0.15) is 0 Å². The molecule has 2 N–H and O–H groups in total. The molecule has 0 bridgehead atoms. The summed E-state index contributed by atoms with van der Waals surface area (Å²) in [5, 5.41) is 3.47. The Morgan fingerprint density at radius 2 is 2.39 bits per heavy atom. The van der Waals surface area contributed by atoms with Crippen molar-refractivity contribution in [3.8, 4) is 0 Å². The van der Waals surface area contributed by atoms with E-state index in [4.69, 9.17) is 0 Å². The van der Waals surface area contributed by atoms with Crippen molar-refractivity contribution >= 4 is 0 Å². The molecule has 1 aliphatic rings. The van der Waals surface area contributed by atoms with Crippen LogP contribution < -0.4 is 5.32 Å². The number of aromatic amines is 1. The second kappa shape index (κ2) is 5.35. The van der Waals surface area contributed by atoms with E-state index in [1.165, 1.54) is 18.5 Å². The molecule has 2 aromatic rings. The number of H-pyrrole nitrogens is 1. The van der Waals surface area contributed by atoms with Crippen LogP contribution in [-0.2, 0) is 13.0 Å². The molecule has 0 saturated heterocycles. The summed E-state index contributed by atoms with van der Waals surface area (Å²) < 4.78 is 2.31. The van der Waals surface area contributed by atoms with Gasteiger partial charge < -0.3 is 14.9 Å². The molecule has 3 rings (SSSR count). The number of hydrogen-bond acceptors (Lipinski definition) is 3. The normalized spacial score (nSPS) is 15.1. The van der Waals surface area contributed by atoms with Crippen molar-refractivity contribution in [1.82, 2.24) is 24.8 Å². The Balaban J connectivity index is 1.38. The van der Waals surface area contributed by atoms with Gasteiger partial charge >= 0.3 is 0 Å². The predicted octanol–water partition coefficient (Wildman–Crippen LogP) is 1.66. The van der Waals surface area contributed by atoms with E-state index in [9.17, 15) is 0 Å². The Bertz CT molecular complexity index is 469. The lowest BCUT2D eigenvalue weighted by molar-refractivity contribution is 0.599. The van der Waals surface area contributed by atoms with E-state index in [2.05, 4.69) is 24.8 Å². The van der Waals surface area contributed by atoms with Crippen LogP contribution in [0.5, 0.6) is 0 Å². The van der Waals surface area contributed by atoms with E-state index >= 15 is 0 Å². The van der Waals surface area contributed by atoms with Crippen LogP contribution in [0.4, 0.5) is 0 Å². The van der Waals surface area contributed by atoms with E-state index in [0.29, 0.717) is 6.04 Å². The number of nitrogens with zero attached hydrogens (tertiary/aromatic N) is 3. The summed E-state index contributed by atoms with van der Waals surface area (Å²) in [7, 11) is 0. The van der Waals surface area contributed by atoms with Gasteiger partial charge in [0.25, 0.3) is 0 Å². The van der Waals surface area contributed by atoms with Crippen molar-refractivity contribution in [2.45, 2.75) is 38.3 Å². The molecular weight excluding hydrogens is 226 g/mol. The molecule has 0 unspecified atom stereocenters. The van der Waals surface area contributed by atoms with Gasteiger partial charge in [0.15, 0.2) is 0 Å². The zero-order valence-corrected chi connectivity index (χ0v) is 10.5. The first kappa shape index (κ1) is 11.5. The van der Waals surface area contributed by atoms with Gasteiger partial charge in [0.1, 0.15) is 5.82 Å². The zero-order chi connectivity index (χ0) is 12.2. The molecule has 18 heavy (non-hydrogen) atoms. The Kier molecular flexibility index (Phi) is 3.41. The first-order valence-electron chi connectivity index (χ1n) is 6.63. The highest BCUT2D eigenvalue weighted by Crippen LogP contribution is 2.35. The van der Waals surface area contributed by atoms with Gasteiger partial charge in [0.2, 0.25) is 0 Å². The number of hydrogen-bond donors (Lipinski definition) is 2. The minimum absolute atomic E-state index is 0.715. The summed E-state index contributed by atoms with van der Waals surface area (Å²) in [4.78, 5) is 11.6.